The van der Waals surface area contributed by atoms with E-state index >= 15 is 0 Å². The number of methoxy groups -OCH3 is 2. The predicted molar refractivity (Wildman–Crippen MR) is 77.3 cm³/mol. The summed E-state index contributed by atoms with van der Waals surface area (Å²) in [6.07, 6.45) is -0.545. The molecule has 0 aromatic heterocycles. The van der Waals surface area contributed by atoms with Gasteiger partial charge in [-0.3, -0.25) is 19.7 Å². The number of carbonyl (C=O) groups excluding carboxylic acids is 2. The van der Waals surface area contributed by atoms with Crippen LogP contribution in [0.4, 0.5) is 18.9 Å². The number of hydrogen-bond donors (Lipinski definition) is 0. The summed E-state index contributed by atoms with van der Waals surface area (Å²) in [5.74, 6) is -0.794. The highest BCUT2D eigenvalue weighted by atomic mass is 19.4. The Hall–Kier alpha value is -3.09. The van der Waals surface area contributed by atoms with E-state index in [1.54, 1.807) is 0 Å². The maximum atomic E-state index is 13.0. The van der Waals surface area contributed by atoms with Crippen molar-refractivity contribution in [3.8, 4) is 12.3 Å². The molecule has 0 aliphatic carbocycles. The zero-order valence-corrected chi connectivity index (χ0v) is 13.0. The van der Waals surface area contributed by atoms with Gasteiger partial charge < -0.3 is 9.47 Å². The van der Waals surface area contributed by atoms with Crippen molar-refractivity contribution in [1.29, 1.82) is 0 Å². The second kappa shape index (κ2) is 7.21. The van der Waals surface area contributed by atoms with Crippen LogP contribution in [0.5, 0.6) is 0 Å². The second-order valence-electron chi connectivity index (χ2n) is 4.76. The van der Waals surface area contributed by atoms with Crippen LogP contribution in [-0.2, 0) is 30.7 Å². The number of hydrogen-bond acceptors (Lipinski definition) is 6. The lowest BCUT2D eigenvalue weighted by Crippen LogP contribution is -2.46. The molecule has 25 heavy (non-hydrogen) atoms. The number of carbonyl (C=O) groups is 2. The van der Waals surface area contributed by atoms with Gasteiger partial charge in [0.25, 0.3) is 5.69 Å². The van der Waals surface area contributed by atoms with E-state index in [-0.39, 0.29) is 0 Å². The molecule has 134 valence electrons. The first kappa shape index (κ1) is 20.0. The summed E-state index contributed by atoms with van der Waals surface area (Å²) in [4.78, 5) is 34.7. The van der Waals surface area contributed by atoms with E-state index in [1.807, 2.05) is 5.92 Å². The summed E-state index contributed by atoms with van der Waals surface area (Å²) in [6.45, 7) is 0. The smallest absolute Gasteiger partial charge is 0.416 e. The molecule has 0 unspecified atom stereocenters. The first-order valence-corrected chi connectivity index (χ1v) is 6.52. The number of nitro benzene ring substituents is 1. The van der Waals surface area contributed by atoms with Gasteiger partial charge in [0.05, 0.1) is 30.3 Å². The number of rotatable bonds is 5. The Morgan fingerprint density at radius 3 is 2.12 bits per heavy atom. The van der Waals surface area contributed by atoms with Gasteiger partial charge in [-0.2, -0.15) is 13.2 Å². The standard InChI is InChI=1S/C15H12F3NO6/c1-4-7-14(12(20)24-2,13(21)25-3)10-8-9(15(16,17)18)5-6-11(10)19(22)23/h1,5-6,8H,7H2,2-3H3. The molecule has 0 aliphatic rings. The lowest BCUT2D eigenvalue weighted by atomic mass is 9.76. The number of nitrogens with zero attached hydrogens (tertiary/aromatic N) is 1. The van der Waals surface area contributed by atoms with E-state index in [9.17, 15) is 32.9 Å². The number of halogens is 3. The molecule has 0 radical (unpaired) electrons. The zero-order valence-electron chi connectivity index (χ0n) is 13.0. The van der Waals surface area contributed by atoms with Crippen molar-refractivity contribution < 1.29 is 37.2 Å². The molecule has 1 aromatic rings. The van der Waals surface area contributed by atoms with Crippen LogP contribution in [0.3, 0.4) is 0 Å². The first-order valence-electron chi connectivity index (χ1n) is 6.52. The third-order valence-electron chi connectivity index (χ3n) is 3.42. The summed E-state index contributed by atoms with van der Waals surface area (Å²) in [7, 11) is 1.71. The van der Waals surface area contributed by atoms with E-state index in [4.69, 9.17) is 6.42 Å². The SMILES string of the molecule is C#CCC(C(=O)OC)(C(=O)OC)c1cc(C(F)(F)F)ccc1[N+](=O)[O-]. The highest BCUT2D eigenvalue weighted by Gasteiger charge is 2.54. The van der Waals surface area contributed by atoms with Crippen LogP contribution in [0.2, 0.25) is 0 Å². The number of alkyl halides is 3. The Kier molecular flexibility index (Phi) is 5.75. The lowest BCUT2D eigenvalue weighted by molar-refractivity contribution is -0.386. The summed E-state index contributed by atoms with van der Waals surface area (Å²) < 4.78 is 47.9. The molecule has 0 heterocycles. The van der Waals surface area contributed by atoms with Gasteiger partial charge in [-0.1, -0.05) is 0 Å². The molecular weight excluding hydrogens is 347 g/mol. The lowest BCUT2D eigenvalue weighted by Gasteiger charge is -2.27. The molecule has 1 aromatic carbocycles. The van der Waals surface area contributed by atoms with Crippen molar-refractivity contribution in [2.45, 2.75) is 18.0 Å². The molecule has 0 N–H and O–H groups in total. The number of terminal acetylenes is 1. The molecule has 0 amide bonds. The van der Waals surface area contributed by atoms with Crippen molar-refractivity contribution in [3.63, 3.8) is 0 Å². The Morgan fingerprint density at radius 1 is 1.24 bits per heavy atom. The minimum atomic E-state index is -4.88. The van der Waals surface area contributed by atoms with E-state index in [1.165, 1.54) is 0 Å². The van der Waals surface area contributed by atoms with Crippen LogP contribution >= 0.6 is 0 Å². The molecule has 0 aliphatic heterocycles. The summed E-state index contributed by atoms with van der Waals surface area (Å²) in [5.41, 5.74) is -5.67. The quantitative estimate of drug-likeness (QED) is 0.263. The van der Waals surface area contributed by atoms with Crippen LogP contribution in [0.1, 0.15) is 17.5 Å². The molecule has 0 spiro atoms. The molecule has 0 fully saturated rings. The topological polar surface area (TPSA) is 95.7 Å². The summed E-state index contributed by atoms with van der Waals surface area (Å²) in [5, 5.41) is 11.2. The molecule has 0 bridgehead atoms. The van der Waals surface area contributed by atoms with Crippen LogP contribution in [0.25, 0.3) is 0 Å². The number of nitro groups is 1. The molecule has 0 saturated heterocycles. The third-order valence-corrected chi connectivity index (χ3v) is 3.42. The second-order valence-corrected chi connectivity index (χ2v) is 4.76. The van der Waals surface area contributed by atoms with Gasteiger partial charge in [0.1, 0.15) is 0 Å². The monoisotopic (exact) mass is 359 g/mol. The predicted octanol–water partition coefficient (Wildman–Crippen LogP) is 2.22. The van der Waals surface area contributed by atoms with Gasteiger partial charge in [0, 0.05) is 12.5 Å². The van der Waals surface area contributed by atoms with Gasteiger partial charge in [-0.25, -0.2) is 0 Å². The summed E-state index contributed by atoms with van der Waals surface area (Å²) in [6, 6.07) is 1.31. The number of benzene rings is 1. The highest BCUT2D eigenvalue weighted by molar-refractivity contribution is 6.07. The number of esters is 2. The minimum absolute atomic E-state index is 0.323. The van der Waals surface area contributed by atoms with E-state index in [2.05, 4.69) is 9.47 Å². The Balaban J connectivity index is 3.95. The summed E-state index contributed by atoms with van der Waals surface area (Å²) >= 11 is 0. The first-order chi connectivity index (χ1) is 11.6. The van der Waals surface area contributed by atoms with Crippen LogP contribution in [-0.4, -0.2) is 31.1 Å². The fraction of sp³-hybridized carbons (Fsp3) is 0.333. The van der Waals surface area contributed by atoms with E-state index < -0.39 is 51.7 Å². The zero-order chi connectivity index (χ0) is 19.4. The fourth-order valence-corrected chi connectivity index (χ4v) is 2.26. The van der Waals surface area contributed by atoms with Gasteiger partial charge in [0.2, 0.25) is 5.41 Å². The van der Waals surface area contributed by atoms with Crippen molar-refractivity contribution >= 4 is 17.6 Å². The van der Waals surface area contributed by atoms with Gasteiger partial charge in [-0.15, -0.1) is 12.3 Å². The molecule has 10 heteroatoms. The number of ether oxygens (including phenoxy) is 2. The fourth-order valence-electron chi connectivity index (χ4n) is 2.26. The Bertz CT molecular complexity index is 735. The van der Waals surface area contributed by atoms with Gasteiger partial charge in [0.15, 0.2) is 0 Å². The van der Waals surface area contributed by atoms with Crippen LogP contribution < -0.4 is 0 Å². The maximum absolute atomic E-state index is 13.0. The molecule has 1 rings (SSSR count). The molecule has 0 atom stereocenters. The van der Waals surface area contributed by atoms with Crippen LogP contribution in [0, 0.1) is 22.5 Å². The Morgan fingerprint density at radius 2 is 1.76 bits per heavy atom. The van der Waals surface area contributed by atoms with Crippen molar-refractivity contribution in [1.82, 2.24) is 0 Å². The van der Waals surface area contributed by atoms with Crippen molar-refractivity contribution in [2.24, 2.45) is 0 Å². The van der Waals surface area contributed by atoms with Gasteiger partial charge in [-0.05, 0) is 12.1 Å². The molecule has 0 saturated carbocycles. The van der Waals surface area contributed by atoms with Crippen molar-refractivity contribution in [2.75, 3.05) is 14.2 Å². The van der Waals surface area contributed by atoms with Crippen LogP contribution in [0.15, 0.2) is 18.2 Å². The minimum Gasteiger partial charge on any atom is -0.468 e. The largest absolute Gasteiger partial charge is 0.468 e. The Labute approximate surface area is 139 Å². The molecule has 7 nitrogen and oxygen atoms in total. The highest BCUT2D eigenvalue weighted by Crippen LogP contribution is 2.40. The normalized spacial score (nSPS) is 11.4. The maximum Gasteiger partial charge on any atom is 0.416 e. The van der Waals surface area contributed by atoms with Gasteiger partial charge >= 0.3 is 18.1 Å². The van der Waals surface area contributed by atoms with E-state index in [0.29, 0.717) is 18.2 Å². The average molecular weight is 359 g/mol. The third kappa shape index (κ3) is 3.55. The average Bonchev–Trinajstić information content (AvgIpc) is 2.56. The van der Waals surface area contributed by atoms with Crippen molar-refractivity contribution in [3.05, 3.63) is 39.4 Å². The molecular formula is C15H12F3NO6. The van der Waals surface area contributed by atoms with E-state index in [0.717, 1.165) is 14.2 Å².